The fourth-order valence-corrected chi connectivity index (χ4v) is 2.35. The summed E-state index contributed by atoms with van der Waals surface area (Å²) in [6.45, 7) is 2.12. The lowest BCUT2D eigenvalue weighted by molar-refractivity contribution is -0.285. The molecule has 7 heteroatoms. The van der Waals surface area contributed by atoms with Crippen molar-refractivity contribution in [3.63, 3.8) is 0 Å². The molecule has 1 atom stereocenters. The molecule has 0 radical (unpaired) electrons. The molecule has 0 spiro atoms. The third-order valence-electron chi connectivity index (χ3n) is 3.92. The Morgan fingerprint density at radius 3 is 1.39 bits per heavy atom. The Morgan fingerprint density at radius 2 is 1.00 bits per heavy atom. The minimum atomic E-state index is -5.63. The van der Waals surface area contributed by atoms with Gasteiger partial charge in [-0.2, -0.15) is 17.6 Å². The predicted octanol–water partition coefficient (Wildman–Crippen LogP) is 7.17. The fourth-order valence-electron chi connectivity index (χ4n) is 2.35. The highest BCUT2D eigenvalue weighted by Gasteiger charge is 2.66. The Morgan fingerprint density at radius 1 is 0.609 bits per heavy atom. The molecule has 23 heavy (non-hydrogen) atoms. The van der Waals surface area contributed by atoms with Gasteiger partial charge in [0.1, 0.15) is 0 Å². The van der Waals surface area contributed by atoms with Gasteiger partial charge < -0.3 is 0 Å². The van der Waals surface area contributed by atoms with Crippen LogP contribution in [0.15, 0.2) is 0 Å². The second-order valence-corrected chi connectivity index (χ2v) is 5.98. The van der Waals surface area contributed by atoms with E-state index in [0.29, 0.717) is 12.8 Å². The van der Waals surface area contributed by atoms with Crippen molar-refractivity contribution in [3.05, 3.63) is 0 Å². The third kappa shape index (κ3) is 7.75. The van der Waals surface area contributed by atoms with Crippen molar-refractivity contribution in [2.45, 2.75) is 102 Å². The van der Waals surface area contributed by atoms with Crippen molar-refractivity contribution < 1.29 is 30.7 Å². The second kappa shape index (κ2) is 11.1. The normalized spacial score (nSPS) is 14.5. The highest BCUT2D eigenvalue weighted by Crippen LogP contribution is 2.43. The molecule has 0 aromatic carbocycles. The van der Waals surface area contributed by atoms with E-state index < -0.39 is 30.9 Å². The molecule has 0 aliphatic rings. The maximum absolute atomic E-state index is 13.2. The zero-order valence-electron chi connectivity index (χ0n) is 13.6. The van der Waals surface area contributed by atoms with Gasteiger partial charge in [-0.25, -0.2) is 13.2 Å². The standard InChI is InChI=1S/C16H27F7/c1-2-3-4-5-6-7-8-9-10-11-12-13(17)15(20,21)16(22,23)14(18)19/h13-14H,2-12H2,1H3. The van der Waals surface area contributed by atoms with Crippen LogP contribution in [0.4, 0.5) is 30.7 Å². The quantitative estimate of drug-likeness (QED) is 0.230. The van der Waals surface area contributed by atoms with Crippen molar-refractivity contribution in [2.24, 2.45) is 0 Å². The van der Waals surface area contributed by atoms with Crippen molar-refractivity contribution in [1.82, 2.24) is 0 Å². The molecular weight excluding hydrogens is 325 g/mol. The van der Waals surface area contributed by atoms with Crippen LogP contribution in [0.1, 0.15) is 77.6 Å². The molecule has 0 aromatic heterocycles. The molecule has 0 rings (SSSR count). The first kappa shape index (κ1) is 22.5. The monoisotopic (exact) mass is 352 g/mol. The summed E-state index contributed by atoms with van der Waals surface area (Å²) >= 11 is 0. The molecule has 0 aliphatic heterocycles. The lowest BCUT2D eigenvalue weighted by Gasteiger charge is -2.28. The van der Waals surface area contributed by atoms with Crippen LogP contribution >= 0.6 is 0 Å². The summed E-state index contributed by atoms with van der Waals surface area (Å²) in [6, 6.07) is 0. The van der Waals surface area contributed by atoms with E-state index in [1.807, 2.05) is 0 Å². The lowest BCUT2D eigenvalue weighted by atomic mass is 10.00. The Hall–Kier alpha value is -0.490. The van der Waals surface area contributed by atoms with Crippen LogP contribution in [0.3, 0.4) is 0 Å². The van der Waals surface area contributed by atoms with Crippen molar-refractivity contribution in [3.8, 4) is 0 Å². The summed E-state index contributed by atoms with van der Waals surface area (Å²) in [5, 5.41) is 0. The molecule has 0 fully saturated rings. The fraction of sp³-hybridized carbons (Fsp3) is 1.00. The van der Waals surface area contributed by atoms with E-state index in [1.165, 1.54) is 19.3 Å². The molecular formula is C16H27F7. The summed E-state index contributed by atoms with van der Waals surface area (Å²) in [5.41, 5.74) is 0. The molecule has 0 aliphatic carbocycles. The average molecular weight is 352 g/mol. The highest BCUT2D eigenvalue weighted by atomic mass is 19.3. The Kier molecular flexibility index (Phi) is 10.9. The zero-order chi connectivity index (χ0) is 17.9. The Balaban J connectivity index is 3.80. The first-order chi connectivity index (χ1) is 10.7. The van der Waals surface area contributed by atoms with Gasteiger partial charge in [-0.15, -0.1) is 0 Å². The maximum Gasteiger partial charge on any atom is 0.372 e. The van der Waals surface area contributed by atoms with E-state index >= 15 is 0 Å². The van der Waals surface area contributed by atoms with Crippen molar-refractivity contribution in [1.29, 1.82) is 0 Å². The summed E-state index contributed by atoms with van der Waals surface area (Å²) in [4.78, 5) is 0. The molecule has 0 N–H and O–H groups in total. The molecule has 0 amide bonds. The van der Waals surface area contributed by atoms with Crippen LogP contribution < -0.4 is 0 Å². The molecule has 0 nitrogen and oxygen atoms in total. The van der Waals surface area contributed by atoms with Crippen LogP contribution in [0.25, 0.3) is 0 Å². The number of halogens is 7. The average Bonchev–Trinajstić information content (AvgIpc) is 2.48. The summed E-state index contributed by atoms with van der Waals surface area (Å²) in [5.74, 6) is -11.0. The molecule has 0 heterocycles. The van der Waals surface area contributed by atoms with E-state index in [4.69, 9.17) is 0 Å². The molecule has 0 aromatic rings. The van der Waals surface area contributed by atoms with Gasteiger partial charge in [-0.05, 0) is 6.42 Å². The molecule has 140 valence electrons. The van der Waals surface area contributed by atoms with Gasteiger partial charge in [0.15, 0.2) is 6.17 Å². The largest absolute Gasteiger partial charge is 0.372 e. The van der Waals surface area contributed by atoms with Gasteiger partial charge in [-0.3, -0.25) is 0 Å². The Labute approximate surface area is 133 Å². The SMILES string of the molecule is CCCCCCCCCCCCC(F)C(F)(F)C(F)(F)C(F)F. The smallest absolute Gasteiger partial charge is 0.241 e. The van der Waals surface area contributed by atoms with Crippen molar-refractivity contribution >= 4 is 0 Å². The number of rotatable bonds is 14. The number of hydrogen-bond acceptors (Lipinski definition) is 0. The van der Waals surface area contributed by atoms with Crippen LogP contribution in [0.5, 0.6) is 0 Å². The van der Waals surface area contributed by atoms with Crippen LogP contribution in [-0.2, 0) is 0 Å². The minimum Gasteiger partial charge on any atom is -0.241 e. The van der Waals surface area contributed by atoms with Gasteiger partial charge >= 0.3 is 18.3 Å². The predicted molar refractivity (Wildman–Crippen MR) is 77.3 cm³/mol. The van der Waals surface area contributed by atoms with E-state index in [-0.39, 0.29) is 6.42 Å². The molecule has 0 saturated heterocycles. The Bertz CT molecular complexity index is 292. The van der Waals surface area contributed by atoms with Gasteiger partial charge in [0, 0.05) is 0 Å². The van der Waals surface area contributed by atoms with E-state index in [1.54, 1.807) is 0 Å². The van der Waals surface area contributed by atoms with E-state index in [2.05, 4.69) is 6.92 Å². The summed E-state index contributed by atoms with van der Waals surface area (Å²) < 4.78 is 88.4. The molecule has 0 bridgehead atoms. The third-order valence-corrected chi connectivity index (χ3v) is 3.92. The number of unbranched alkanes of at least 4 members (excludes halogenated alkanes) is 9. The van der Waals surface area contributed by atoms with Gasteiger partial charge in [0.2, 0.25) is 0 Å². The number of hydrogen-bond donors (Lipinski definition) is 0. The summed E-state index contributed by atoms with van der Waals surface area (Å²) in [7, 11) is 0. The van der Waals surface area contributed by atoms with Gasteiger partial charge in [-0.1, -0.05) is 71.1 Å². The van der Waals surface area contributed by atoms with Crippen LogP contribution in [-0.4, -0.2) is 24.4 Å². The van der Waals surface area contributed by atoms with Crippen LogP contribution in [0, 0.1) is 0 Å². The topological polar surface area (TPSA) is 0 Å². The molecule has 0 saturated carbocycles. The number of alkyl halides is 7. The second-order valence-electron chi connectivity index (χ2n) is 5.98. The van der Waals surface area contributed by atoms with E-state index in [0.717, 1.165) is 25.7 Å². The summed E-state index contributed by atoms with van der Waals surface area (Å²) in [6.07, 6.45) is 0.154. The first-order valence-electron chi connectivity index (χ1n) is 8.35. The minimum absolute atomic E-state index is 0.00803. The van der Waals surface area contributed by atoms with Gasteiger partial charge in [0.25, 0.3) is 0 Å². The molecule has 1 unspecified atom stereocenters. The highest BCUT2D eigenvalue weighted by molar-refractivity contribution is 4.92. The lowest BCUT2D eigenvalue weighted by Crippen LogP contribution is -2.52. The van der Waals surface area contributed by atoms with E-state index in [9.17, 15) is 30.7 Å². The zero-order valence-corrected chi connectivity index (χ0v) is 13.6. The van der Waals surface area contributed by atoms with Gasteiger partial charge in [0.05, 0.1) is 0 Å². The first-order valence-corrected chi connectivity index (χ1v) is 8.35. The van der Waals surface area contributed by atoms with Crippen LogP contribution in [0.2, 0.25) is 0 Å². The van der Waals surface area contributed by atoms with Crippen molar-refractivity contribution in [2.75, 3.05) is 0 Å². The maximum atomic E-state index is 13.2.